The highest BCUT2D eigenvalue weighted by atomic mass is 16.3. The van der Waals surface area contributed by atoms with Crippen molar-refractivity contribution < 1.29 is 48.3 Å². The fourth-order valence-electron chi connectivity index (χ4n) is 12.4. The molecule has 2 aliphatic carbocycles. The van der Waals surface area contributed by atoms with Crippen LogP contribution in [0.4, 0.5) is 0 Å². The highest BCUT2D eigenvalue weighted by Gasteiger charge is 2.70. The Balaban J connectivity index is 0.000000284. The number of hydrogen-bond acceptors (Lipinski definition) is 10. The Labute approximate surface area is 413 Å². The number of carboxylic acid groups (broad SMARTS) is 1. The van der Waals surface area contributed by atoms with Gasteiger partial charge >= 0.3 is 0 Å². The lowest BCUT2D eigenvalue weighted by Gasteiger charge is -2.32. The van der Waals surface area contributed by atoms with Gasteiger partial charge in [0.05, 0.1) is 18.1 Å². The van der Waals surface area contributed by atoms with Crippen molar-refractivity contribution in [3.05, 3.63) is 25.3 Å². The summed E-state index contributed by atoms with van der Waals surface area (Å²) in [4.78, 5) is 117. The van der Waals surface area contributed by atoms with Gasteiger partial charge in [-0.15, -0.1) is 13.2 Å². The maximum absolute atomic E-state index is 13.6. The normalized spacial score (nSPS) is 31.9. The molecule has 0 spiro atoms. The first-order valence-electron chi connectivity index (χ1n) is 26.7. The number of Topliss-reactive ketones (excluding diaryl/α,β-unsaturated/α-hetero) is 6. The summed E-state index contributed by atoms with van der Waals surface area (Å²) in [5, 5.41) is 6.89. The molecular weight excluding hydrogens is 875 g/mol. The van der Waals surface area contributed by atoms with Crippen molar-refractivity contribution >= 4 is 53.0 Å². The quantitative estimate of drug-likeness (QED) is 0.120. The number of amides is 2. The van der Waals surface area contributed by atoms with Gasteiger partial charge in [0, 0.05) is 56.5 Å². The number of rotatable bonds is 10. The van der Waals surface area contributed by atoms with Gasteiger partial charge in [-0.1, -0.05) is 137 Å². The summed E-state index contributed by atoms with van der Waals surface area (Å²) in [6.07, 6.45) is 22.0. The topological polar surface area (TPSA) is 206 Å². The van der Waals surface area contributed by atoms with E-state index in [1.165, 1.54) is 6.42 Å². The summed E-state index contributed by atoms with van der Waals surface area (Å²) >= 11 is 0. The largest absolute Gasteiger partial charge is 0.483 e. The lowest BCUT2D eigenvalue weighted by atomic mass is 9.85. The van der Waals surface area contributed by atoms with Crippen molar-refractivity contribution in [1.29, 1.82) is 0 Å². The monoisotopic (exact) mass is 962 g/mol. The molecule has 10 atom stereocenters. The maximum atomic E-state index is 13.6. The van der Waals surface area contributed by atoms with Gasteiger partial charge in [0.2, 0.25) is 23.4 Å². The molecule has 0 bridgehead atoms. The third-order valence-electron chi connectivity index (χ3n) is 17.0. The number of nitrogens with zero attached hydrogens (tertiary/aromatic N) is 2. The predicted octanol–water partition coefficient (Wildman–Crippen LogP) is 9.01. The summed E-state index contributed by atoms with van der Waals surface area (Å²) in [5.74, 6) is -2.03. The minimum atomic E-state index is -0.589. The number of carbonyl (C=O) groups excluding carboxylic acids is 8. The Morgan fingerprint density at radius 1 is 0.594 bits per heavy atom. The van der Waals surface area contributed by atoms with Gasteiger partial charge in [-0.25, -0.2) is 0 Å². The summed E-state index contributed by atoms with van der Waals surface area (Å²) < 4.78 is 0. The molecule has 4 heterocycles. The Morgan fingerprint density at radius 3 is 1.30 bits per heavy atom. The van der Waals surface area contributed by atoms with Crippen LogP contribution in [0.3, 0.4) is 0 Å². The number of hydrogen-bond donors (Lipinski definition) is 2. The molecule has 2 amide bonds. The molecule has 6 rings (SSSR count). The fourth-order valence-corrected chi connectivity index (χ4v) is 12.4. The van der Waals surface area contributed by atoms with E-state index in [4.69, 9.17) is 15.6 Å². The highest BCUT2D eigenvalue weighted by molar-refractivity contribution is 6.38. The third kappa shape index (κ3) is 15.0. The van der Waals surface area contributed by atoms with Crippen LogP contribution in [0.2, 0.25) is 0 Å². The van der Waals surface area contributed by atoms with Crippen LogP contribution in [-0.4, -0.2) is 99.1 Å². The molecule has 2 saturated carbocycles. The molecule has 6 fully saturated rings. The van der Waals surface area contributed by atoms with Crippen molar-refractivity contribution in [2.45, 2.75) is 207 Å². The van der Waals surface area contributed by atoms with Crippen LogP contribution in [0.5, 0.6) is 0 Å². The summed E-state index contributed by atoms with van der Waals surface area (Å²) in [7, 11) is 0. The maximum Gasteiger partial charge on any atom is 0.290 e. The standard InChI is InChI=1S/C28H43NO4.C27H42N2O4.CH2O2/c1-5-6-16-22(30)26(32)20-15-13-11-9-7-8-10-12-14-19(2)27(33)29-18-21-24(28(21,3)4)25(29)23(31)17-20;1-4-5-15-21(30)25(32)18-13-11-9-7-6-8-10-12-14-20(28)26(33)29-17-19-23(27(19,2)3)24(29)22(31)16-18;2-1-3/h5,19-21,24-25H,1,6-18H2,2-4H3;4,18-20,23-24H,1,5-17,28H2,2-3H3;1H,(H,2,3)/t19-,20+,21-,24-,25+;18-,19+,20+,23+,24-;/m01./s1. The third-order valence-corrected chi connectivity index (χ3v) is 17.0. The van der Waals surface area contributed by atoms with Gasteiger partial charge in [-0.05, 0) is 73.0 Å². The molecule has 13 heteroatoms. The Morgan fingerprint density at radius 2 is 0.928 bits per heavy atom. The van der Waals surface area contributed by atoms with E-state index in [0.29, 0.717) is 57.0 Å². The van der Waals surface area contributed by atoms with Gasteiger partial charge in [0.15, 0.2) is 23.1 Å². The second kappa shape index (κ2) is 26.9. The van der Waals surface area contributed by atoms with Crippen molar-refractivity contribution in [2.75, 3.05) is 13.1 Å². The minimum Gasteiger partial charge on any atom is -0.483 e. The molecule has 3 N–H and O–H groups in total. The number of carbonyl (C=O) groups is 9. The number of ketones is 6. The lowest BCUT2D eigenvalue weighted by molar-refractivity contribution is -0.144. The van der Waals surface area contributed by atoms with Gasteiger partial charge in [0.25, 0.3) is 6.47 Å². The van der Waals surface area contributed by atoms with Crippen LogP contribution in [0.1, 0.15) is 189 Å². The first kappa shape index (κ1) is 57.4. The van der Waals surface area contributed by atoms with Gasteiger partial charge < -0.3 is 20.6 Å². The minimum absolute atomic E-state index is 0.0152. The van der Waals surface area contributed by atoms with Crippen LogP contribution in [0.25, 0.3) is 0 Å². The van der Waals surface area contributed by atoms with E-state index in [1.54, 1.807) is 17.1 Å². The van der Waals surface area contributed by atoms with E-state index < -0.39 is 47.3 Å². The first-order chi connectivity index (χ1) is 32.8. The van der Waals surface area contributed by atoms with E-state index in [9.17, 15) is 38.4 Å². The summed E-state index contributed by atoms with van der Waals surface area (Å²) in [6.45, 7) is 18.9. The number of piperidine rings is 2. The molecule has 0 unspecified atom stereocenters. The van der Waals surface area contributed by atoms with E-state index in [1.807, 2.05) is 11.8 Å². The SMILES string of the molecule is C=CCCC(=O)C(=O)[C@@H]1CCCCCCCCC[C@H](C)C(=O)N2C[C@H]3[C@@H]([C@H]2C(=O)C1)C3(C)C.C=CCCC(=O)C(=O)[C@@H]1CCCCCCCCC[C@H](N)C(=O)N2C[C@H]3[C@@H]([C@H]2C(=O)C1)C3(C)C.O=CO. The average Bonchev–Trinajstić information content (AvgIpc) is 3.76. The smallest absolute Gasteiger partial charge is 0.290 e. The molecule has 4 aliphatic heterocycles. The predicted molar refractivity (Wildman–Crippen MR) is 267 cm³/mol. The van der Waals surface area contributed by atoms with Crippen molar-refractivity contribution in [2.24, 2.45) is 58.0 Å². The molecular formula is C56H87N3O10. The number of fused-ring (bicyclic) bond motifs is 6. The van der Waals surface area contributed by atoms with E-state index in [-0.39, 0.29) is 89.9 Å². The number of nitrogens with two attached hydrogens (primary N) is 1. The molecule has 0 aromatic rings. The Kier molecular flexibility index (Phi) is 22.4. The van der Waals surface area contributed by atoms with Crippen molar-refractivity contribution in [3.63, 3.8) is 0 Å². The molecule has 4 saturated heterocycles. The lowest BCUT2D eigenvalue weighted by Crippen LogP contribution is -2.52. The van der Waals surface area contributed by atoms with Crippen LogP contribution in [0, 0.1) is 52.3 Å². The van der Waals surface area contributed by atoms with Crippen LogP contribution in [-0.2, 0) is 43.2 Å². The summed E-state index contributed by atoms with van der Waals surface area (Å²) in [5.41, 5.74) is 6.34. The zero-order valence-electron chi connectivity index (χ0n) is 42.9. The van der Waals surface area contributed by atoms with E-state index >= 15 is 0 Å². The molecule has 13 nitrogen and oxygen atoms in total. The van der Waals surface area contributed by atoms with Crippen molar-refractivity contribution in [3.8, 4) is 0 Å². The van der Waals surface area contributed by atoms with Gasteiger partial charge in [-0.3, -0.25) is 43.2 Å². The van der Waals surface area contributed by atoms with E-state index in [0.717, 1.165) is 89.9 Å². The Bertz CT molecular complexity index is 1730. The molecule has 0 aromatic heterocycles. The highest BCUT2D eigenvalue weighted by Crippen LogP contribution is 2.66. The zero-order chi connectivity index (χ0) is 51.1. The van der Waals surface area contributed by atoms with Gasteiger partial charge in [-0.2, -0.15) is 0 Å². The second-order valence-corrected chi connectivity index (χ2v) is 22.5. The van der Waals surface area contributed by atoms with Crippen LogP contribution in [0.15, 0.2) is 25.3 Å². The van der Waals surface area contributed by atoms with Crippen LogP contribution >= 0.6 is 0 Å². The van der Waals surface area contributed by atoms with Gasteiger partial charge in [0.1, 0.15) is 0 Å². The van der Waals surface area contributed by atoms with E-state index in [2.05, 4.69) is 40.9 Å². The van der Waals surface area contributed by atoms with Crippen LogP contribution < -0.4 is 5.73 Å². The second-order valence-electron chi connectivity index (χ2n) is 22.5. The fraction of sp³-hybridized carbons (Fsp3) is 0.768. The average molecular weight is 962 g/mol. The first-order valence-corrected chi connectivity index (χ1v) is 26.7. The Hall–Kier alpha value is -4.13. The summed E-state index contributed by atoms with van der Waals surface area (Å²) in [6, 6.07) is -1.53. The molecule has 69 heavy (non-hydrogen) atoms. The molecule has 6 aliphatic rings. The molecule has 0 radical (unpaired) electrons. The number of allylic oxidation sites excluding steroid dienone is 2. The molecule has 0 aromatic carbocycles. The molecule has 386 valence electrons. The zero-order valence-corrected chi connectivity index (χ0v) is 42.9. The van der Waals surface area contributed by atoms with Crippen molar-refractivity contribution in [1.82, 2.24) is 9.80 Å².